The number of rotatable bonds is 3. The molecular weight excluding hydrogens is 286 g/mol. The minimum atomic E-state index is -0.123. The van der Waals surface area contributed by atoms with E-state index >= 15 is 0 Å². The Kier molecular flexibility index (Phi) is 7.73. The lowest BCUT2D eigenvalue weighted by atomic mass is 9.77. The molecule has 1 aromatic rings. The van der Waals surface area contributed by atoms with Gasteiger partial charge in [0.05, 0.1) is 12.3 Å². The second-order valence-corrected chi connectivity index (χ2v) is 6.61. The van der Waals surface area contributed by atoms with Gasteiger partial charge >= 0.3 is 5.97 Å². The summed E-state index contributed by atoms with van der Waals surface area (Å²) in [6.45, 7) is 10.9. The molecule has 0 unspecified atom stereocenters. The fourth-order valence-electron chi connectivity index (χ4n) is 2.70. The Hall–Kier alpha value is -1.90. The SMILES string of the molecule is CC1=CC(=Nc2ccccc2)CC(C)(C)C1.CCOC(=O)CC. The molecule has 3 nitrogen and oxygen atoms in total. The standard InChI is InChI=1S/C15H19N.C5H10O2/c1-12-9-14(11-15(2,3)10-12)16-13-7-5-4-6-8-13;1-3-5(6)7-4-2/h4-9H,10-11H2,1-3H3;3-4H2,1-2H3. The maximum atomic E-state index is 10.2. The monoisotopic (exact) mass is 315 g/mol. The third-order valence-electron chi connectivity index (χ3n) is 3.45. The molecule has 0 saturated heterocycles. The molecule has 23 heavy (non-hydrogen) atoms. The summed E-state index contributed by atoms with van der Waals surface area (Å²) >= 11 is 0. The molecule has 1 aliphatic rings. The first kappa shape index (κ1) is 19.1. The number of hydrogen-bond acceptors (Lipinski definition) is 3. The summed E-state index contributed by atoms with van der Waals surface area (Å²) in [6, 6.07) is 10.2. The number of aliphatic imine (C=N–C) groups is 1. The van der Waals surface area contributed by atoms with Crippen LogP contribution in [0.15, 0.2) is 47.0 Å². The van der Waals surface area contributed by atoms with Gasteiger partial charge in [-0.1, -0.05) is 44.5 Å². The summed E-state index contributed by atoms with van der Waals surface area (Å²) in [4.78, 5) is 14.9. The molecule has 0 N–H and O–H groups in total. The Balaban J connectivity index is 0.000000322. The molecule has 0 fully saturated rings. The third kappa shape index (κ3) is 7.78. The molecule has 0 amide bonds. The first-order chi connectivity index (χ1) is 10.9. The molecule has 0 aliphatic heterocycles. The molecule has 2 rings (SSSR count). The number of benzene rings is 1. The Morgan fingerprint density at radius 1 is 1.17 bits per heavy atom. The van der Waals surface area contributed by atoms with E-state index < -0.39 is 0 Å². The number of carbonyl (C=O) groups is 1. The molecular formula is C20H29NO2. The highest BCUT2D eigenvalue weighted by Crippen LogP contribution is 2.34. The van der Waals surface area contributed by atoms with E-state index in [1.165, 1.54) is 17.7 Å². The van der Waals surface area contributed by atoms with E-state index in [4.69, 9.17) is 4.99 Å². The Morgan fingerprint density at radius 3 is 2.30 bits per heavy atom. The van der Waals surface area contributed by atoms with Crippen molar-refractivity contribution in [2.24, 2.45) is 10.4 Å². The molecule has 0 atom stereocenters. The van der Waals surface area contributed by atoms with E-state index in [0.29, 0.717) is 18.4 Å². The van der Waals surface area contributed by atoms with Crippen LogP contribution in [-0.4, -0.2) is 18.3 Å². The van der Waals surface area contributed by atoms with Crippen LogP contribution in [0.5, 0.6) is 0 Å². The van der Waals surface area contributed by atoms with Gasteiger partial charge in [-0.2, -0.15) is 0 Å². The highest BCUT2D eigenvalue weighted by atomic mass is 16.5. The molecule has 1 aromatic carbocycles. The normalized spacial score (nSPS) is 17.8. The summed E-state index contributed by atoms with van der Waals surface area (Å²) in [5.74, 6) is -0.123. The van der Waals surface area contributed by atoms with Gasteiger partial charge in [-0.05, 0) is 50.3 Å². The van der Waals surface area contributed by atoms with Crippen molar-refractivity contribution in [3.8, 4) is 0 Å². The average molecular weight is 315 g/mol. The van der Waals surface area contributed by atoms with Gasteiger partial charge in [-0.3, -0.25) is 9.79 Å². The van der Waals surface area contributed by atoms with Crippen molar-refractivity contribution >= 4 is 17.4 Å². The zero-order valence-electron chi connectivity index (χ0n) is 15.1. The van der Waals surface area contributed by atoms with E-state index in [-0.39, 0.29) is 5.97 Å². The fourth-order valence-corrected chi connectivity index (χ4v) is 2.70. The smallest absolute Gasteiger partial charge is 0.305 e. The molecule has 1 aliphatic carbocycles. The summed E-state index contributed by atoms with van der Waals surface area (Å²) in [6.07, 6.45) is 4.96. The zero-order valence-corrected chi connectivity index (χ0v) is 15.1. The van der Waals surface area contributed by atoms with E-state index in [1.54, 1.807) is 13.8 Å². The summed E-state index contributed by atoms with van der Waals surface area (Å²) in [5.41, 5.74) is 4.05. The number of allylic oxidation sites excluding steroid dienone is 2. The van der Waals surface area contributed by atoms with Gasteiger partial charge in [-0.25, -0.2) is 0 Å². The van der Waals surface area contributed by atoms with Gasteiger partial charge < -0.3 is 4.74 Å². The lowest BCUT2D eigenvalue weighted by Gasteiger charge is -2.29. The predicted octanol–water partition coefficient (Wildman–Crippen LogP) is 5.48. The van der Waals surface area contributed by atoms with Gasteiger partial charge in [0.1, 0.15) is 0 Å². The molecule has 0 saturated carbocycles. The van der Waals surface area contributed by atoms with Crippen LogP contribution in [0.25, 0.3) is 0 Å². The molecule has 0 radical (unpaired) electrons. The lowest BCUT2D eigenvalue weighted by molar-refractivity contribution is -0.142. The number of para-hydroxylation sites is 1. The quantitative estimate of drug-likeness (QED) is 0.692. The first-order valence-electron chi connectivity index (χ1n) is 8.31. The van der Waals surface area contributed by atoms with Crippen molar-refractivity contribution in [2.45, 2.75) is 53.9 Å². The van der Waals surface area contributed by atoms with Crippen molar-refractivity contribution < 1.29 is 9.53 Å². The number of hydrogen-bond donors (Lipinski definition) is 0. The summed E-state index contributed by atoms with van der Waals surface area (Å²) in [7, 11) is 0. The second-order valence-electron chi connectivity index (χ2n) is 6.61. The minimum Gasteiger partial charge on any atom is -0.466 e. The minimum absolute atomic E-state index is 0.123. The lowest BCUT2D eigenvalue weighted by Crippen LogP contribution is -2.21. The zero-order chi connectivity index (χ0) is 17.3. The molecule has 0 bridgehead atoms. The van der Waals surface area contributed by atoms with Crippen LogP contribution in [0.1, 0.15) is 53.9 Å². The first-order valence-corrected chi connectivity index (χ1v) is 8.31. The number of nitrogens with zero attached hydrogens (tertiary/aromatic N) is 1. The van der Waals surface area contributed by atoms with Crippen molar-refractivity contribution in [1.82, 2.24) is 0 Å². The third-order valence-corrected chi connectivity index (χ3v) is 3.45. The van der Waals surface area contributed by atoms with Crippen LogP contribution in [0.4, 0.5) is 5.69 Å². The summed E-state index contributed by atoms with van der Waals surface area (Å²) in [5, 5.41) is 0. The van der Waals surface area contributed by atoms with Crippen LogP contribution in [0, 0.1) is 5.41 Å². The van der Waals surface area contributed by atoms with E-state index in [2.05, 4.69) is 43.7 Å². The summed E-state index contributed by atoms with van der Waals surface area (Å²) < 4.78 is 4.55. The number of ether oxygens (including phenoxy) is 1. The van der Waals surface area contributed by atoms with Crippen LogP contribution in [0.3, 0.4) is 0 Å². The Bertz CT molecular complexity index is 556. The Morgan fingerprint density at radius 2 is 1.83 bits per heavy atom. The molecule has 126 valence electrons. The van der Waals surface area contributed by atoms with Crippen molar-refractivity contribution in [3.05, 3.63) is 42.0 Å². The Labute approximate surface area is 140 Å². The molecule has 0 spiro atoms. The topological polar surface area (TPSA) is 38.7 Å². The van der Waals surface area contributed by atoms with Crippen LogP contribution >= 0.6 is 0 Å². The largest absolute Gasteiger partial charge is 0.466 e. The van der Waals surface area contributed by atoms with E-state index in [1.807, 2.05) is 18.2 Å². The van der Waals surface area contributed by atoms with Crippen molar-refractivity contribution in [3.63, 3.8) is 0 Å². The molecule has 3 heteroatoms. The van der Waals surface area contributed by atoms with Gasteiger partial charge in [-0.15, -0.1) is 0 Å². The average Bonchev–Trinajstić information content (AvgIpc) is 2.47. The van der Waals surface area contributed by atoms with Crippen LogP contribution < -0.4 is 0 Å². The van der Waals surface area contributed by atoms with Gasteiger partial charge in [0.15, 0.2) is 0 Å². The second kappa shape index (κ2) is 9.29. The van der Waals surface area contributed by atoms with Gasteiger partial charge in [0.2, 0.25) is 0 Å². The predicted molar refractivity (Wildman–Crippen MR) is 97.2 cm³/mol. The highest BCUT2D eigenvalue weighted by Gasteiger charge is 2.24. The van der Waals surface area contributed by atoms with Crippen LogP contribution in [0.2, 0.25) is 0 Å². The maximum absolute atomic E-state index is 10.2. The van der Waals surface area contributed by atoms with Crippen molar-refractivity contribution in [2.75, 3.05) is 6.61 Å². The number of esters is 1. The van der Waals surface area contributed by atoms with Crippen molar-refractivity contribution in [1.29, 1.82) is 0 Å². The van der Waals surface area contributed by atoms with Crippen LogP contribution in [-0.2, 0) is 9.53 Å². The highest BCUT2D eigenvalue weighted by molar-refractivity contribution is 5.98. The fraction of sp³-hybridized carbons (Fsp3) is 0.500. The number of carbonyl (C=O) groups excluding carboxylic acids is 1. The molecule has 0 heterocycles. The van der Waals surface area contributed by atoms with Gasteiger partial charge in [0, 0.05) is 12.1 Å². The maximum Gasteiger partial charge on any atom is 0.305 e. The van der Waals surface area contributed by atoms with E-state index in [9.17, 15) is 4.79 Å². The van der Waals surface area contributed by atoms with E-state index in [0.717, 1.165) is 12.1 Å². The van der Waals surface area contributed by atoms with Gasteiger partial charge in [0.25, 0.3) is 0 Å². The molecule has 0 aromatic heterocycles.